The molecule has 1 saturated carbocycles. The molecule has 0 radical (unpaired) electrons. The van der Waals surface area contributed by atoms with E-state index in [4.69, 9.17) is 16.3 Å². The minimum Gasteiger partial charge on any atom is -0.497 e. The number of amides is 1. The van der Waals surface area contributed by atoms with Crippen molar-refractivity contribution in [3.8, 4) is 5.75 Å². The summed E-state index contributed by atoms with van der Waals surface area (Å²) in [6, 6.07) is 5.41. The Balaban J connectivity index is 2.07. The summed E-state index contributed by atoms with van der Waals surface area (Å²) in [5, 5.41) is 3.44. The lowest BCUT2D eigenvalue weighted by molar-refractivity contribution is 0.0938. The number of carbonyl (C=O) groups excluding carboxylic acids is 1. The van der Waals surface area contributed by atoms with Gasteiger partial charge >= 0.3 is 0 Å². The van der Waals surface area contributed by atoms with E-state index in [0.29, 0.717) is 22.4 Å². The molecule has 2 rings (SSSR count). The maximum Gasteiger partial charge on any atom is 0.253 e. The van der Waals surface area contributed by atoms with Crippen molar-refractivity contribution in [2.45, 2.75) is 31.7 Å². The van der Waals surface area contributed by atoms with Crippen LogP contribution < -0.4 is 10.1 Å². The van der Waals surface area contributed by atoms with Crippen LogP contribution in [-0.2, 0) is 0 Å². The lowest BCUT2D eigenvalue weighted by atomic mass is 10.1. The highest BCUT2D eigenvalue weighted by molar-refractivity contribution is 6.34. The zero-order valence-electron chi connectivity index (χ0n) is 9.83. The van der Waals surface area contributed by atoms with Gasteiger partial charge < -0.3 is 10.1 Å². The summed E-state index contributed by atoms with van der Waals surface area (Å²) < 4.78 is 5.05. The Hall–Kier alpha value is -1.22. The molecule has 0 heterocycles. The molecule has 0 aliphatic heterocycles. The first kappa shape index (κ1) is 12.2. The summed E-state index contributed by atoms with van der Waals surface area (Å²) in [4.78, 5) is 12.0. The lowest BCUT2D eigenvalue weighted by Crippen LogP contribution is -2.32. The van der Waals surface area contributed by atoms with Gasteiger partial charge in [0.2, 0.25) is 0 Å². The second-order valence-electron chi connectivity index (χ2n) is 4.30. The van der Waals surface area contributed by atoms with Crippen molar-refractivity contribution >= 4 is 17.5 Å². The number of benzene rings is 1. The Labute approximate surface area is 106 Å². The third-order valence-electron chi connectivity index (χ3n) is 3.11. The van der Waals surface area contributed by atoms with Crippen LogP contribution in [0.15, 0.2) is 18.2 Å². The van der Waals surface area contributed by atoms with Crippen LogP contribution in [0.5, 0.6) is 5.75 Å². The minimum atomic E-state index is -0.0930. The summed E-state index contributed by atoms with van der Waals surface area (Å²) in [6.07, 6.45) is 4.53. The van der Waals surface area contributed by atoms with E-state index in [-0.39, 0.29) is 5.91 Å². The molecule has 0 atom stereocenters. The average Bonchev–Trinajstić information content (AvgIpc) is 2.81. The molecule has 1 aliphatic carbocycles. The number of nitrogens with one attached hydrogen (secondary N) is 1. The quantitative estimate of drug-likeness (QED) is 0.899. The molecule has 0 aromatic heterocycles. The van der Waals surface area contributed by atoms with Gasteiger partial charge in [-0.15, -0.1) is 0 Å². The van der Waals surface area contributed by atoms with Crippen molar-refractivity contribution in [1.29, 1.82) is 0 Å². The largest absolute Gasteiger partial charge is 0.497 e. The van der Waals surface area contributed by atoms with E-state index in [1.807, 2.05) is 0 Å². The van der Waals surface area contributed by atoms with Crippen molar-refractivity contribution in [2.24, 2.45) is 0 Å². The van der Waals surface area contributed by atoms with Crippen molar-refractivity contribution in [1.82, 2.24) is 5.32 Å². The van der Waals surface area contributed by atoms with Crippen molar-refractivity contribution < 1.29 is 9.53 Å². The molecule has 0 bridgehead atoms. The van der Waals surface area contributed by atoms with Crippen LogP contribution in [0.25, 0.3) is 0 Å². The van der Waals surface area contributed by atoms with Crippen LogP contribution in [0.1, 0.15) is 36.0 Å². The van der Waals surface area contributed by atoms with E-state index < -0.39 is 0 Å². The first-order valence-electron chi connectivity index (χ1n) is 5.85. The molecule has 3 nitrogen and oxygen atoms in total. The summed E-state index contributed by atoms with van der Waals surface area (Å²) in [6.45, 7) is 0. The molecule has 1 N–H and O–H groups in total. The molecule has 0 saturated heterocycles. The number of rotatable bonds is 3. The fourth-order valence-electron chi connectivity index (χ4n) is 2.14. The third-order valence-corrected chi connectivity index (χ3v) is 3.42. The molecule has 1 amide bonds. The predicted octanol–water partition coefficient (Wildman–Crippen LogP) is 3.02. The average molecular weight is 254 g/mol. The monoisotopic (exact) mass is 253 g/mol. The molecule has 1 aliphatic rings. The zero-order valence-corrected chi connectivity index (χ0v) is 10.6. The van der Waals surface area contributed by atoms with E-state index >= 15 is 0 Å². The maximum atomic E-state index is 12.0. The molecular weight excluding hydrogens is 238 g/mol. The zero-order chi connectivity index (χ0) is 12.3. The van der Waals surface area contributed by atoms with Gasteiger partial charge in [-0.25, -0.2) is 0 Å². The van der Waals surface area contributed by atoms with Crippen LogP contribution in [0.3, 0.4) is 0 Å². The second-order valence-corrected chi connectivity index (χ2v) is 4.71. The molecule has 0 unspecified atom stereocenters. The summed E-state index contributed by atoms with van der Waals surface area (Å²) in [5.74, 6) is 0.567. The molecule has 1 aromatic rings. The molecule has 1 fully saturated rings. The van der Waals surface area contributed by atoms with Gasteiger partial charge in [0.15, 0.2) is 0 Å². The van der Waals surface area contributed by atoms with Gasteiger partial charge in [-0.2, -0.15) is 0 Å². The molecule has 17 heavy (non-hydrogen) atoms. The SMILES string of the molecule is COc1ccc(C(=O)NC2CCCC2)c(Cl)c1. The van der Waals surface area contributed by atoms with Crippen molar-refractivity contribution in [3.05, 3.63) is 28.8 Å². The summed E-state index contributed by atoms with van der Waals surface area (Å²) >= 11 is 6.05. The number of carbonyl (C=O) groups is 1. The highest BCUT2D eigenvalue weighted by Crippen LogP contribution is 2.23. The van der Waals surface area contributed by atoms with Gasteiger partial charge in [-0.05, 0) is 31.0 Å². The molecule has 1 aromatic carbocycles. The maximum absolute atomic E-state index is 12.0. The Kier molecular flexibility index (Phi) is 3.89. The van der Waals surface area contributed by atoms with E-state index in [1.54, 1.807) is 25.3 Å². The van der Waals surface area contributed by atoms with Crippen LogP contribution in [-0.4, -0.2) is 19.1 Å². The van der Waals surface area contributed by atoms with Crippen LogP contribution in [0.4, 0.5) is 0 Å². The molecule has 0 spiro atoms. The Morgan fingerprint density at radius 1 is 1.41 bits per heavy atom. The van der Waals surface area contributed by atoms with Gasteiger partial charge in [0.05, 0.1) is 17.7 Å². The third kappa shape index (κ3) is 2.91. The van der Waals surface area contributed by atoms with Crippen LogP contribution in [0.2, 0.25) is 5.02 Å². The van der Waals surface area contributed by atoms with E-state index in [1.165, 1.54) is 12.8 Å². The van der Waals surface area contributed by atoms with Gasteiger partial charge in [-0.1, -0.05) is 24.4 Å². The number of hydrogen-bond acceptors (Lipinski definition) is 2. The topological polar surface area (TPSA) is 38.3 Å². The first-order chi connectivity index (χ1) is 8.20. The first-order valence-corrected chi connectivity index (χ1v) is 6.23. The summed E-state index contributed by atoms with van der Waals surface area (Å²) in [5.41, 5.74) is 0.513. The van der Waals surface area contributed by atoms with Gasteiger partial charge in [0.1, 0.15) is 5.75 Å². The lowest BCUT2D eigenvalue weighted by Gasteiger charge is -2.13. The van der Waals surface area contributed by atoms with Crippen LogP contribution >= 0.6 is 11.6 Å². The minimum absolute atomic E-state index is 0.0930. The highest BCUT2D eigenvalue weighted by atomic mass is 35.5. The Morgan fingerprint density at radius 3 is 2.71 bits per heavy atom. The van der Waals surface area contributed by atoms with Gasteiger partial charge in [0.25, 0.3) is 5.91 Å². The van der Waals surface area contributed by atoms with Crippen LogP contribution in [0, 0.1) is 0 Å². The number of ether oxygens (including phenoxy) is 1. The van der Waals surface area contributed by atoms with Crippen molar-refractivity contribution in [2.75, 3.05) is 7.11 Å². The molecule has 92 valence electrons. The molecular formula is C13H16ClNO2. The fraction of sp³-hybridized carbons (Fsp3) is 0.462. The second kappa shape index (κ2) is 5.41. The fourth-order valence-corrected chi connectivity index (χ4v) is 2.40. The Morgan fingerprint density at radius 2 is 2.12 bits per heavy atom. The number of methoxy groups -OCH3 is 1. The van der Waals surface area contributed by atoms with E-state index in [9.17, 15) is 4.79 Å². The standard InChI is InChI=1S/C13H16ClNO2/c1-17-10-6-7-11(12(14)8-10)13(16)15-9-4-2-3-5-9/h6-9H,2-5H2,1H3,(H,15,16). The smallest absolute Gasteiger partial charge is 0.253 e. The van der Waals surface area contributed by atoms with E-state index in [2.05, 4.69) is 5.32 Å². The Bertz CT molecular complexity index is 414. The van der Waals surface area contributed by atoms with Crippen molar-refractivity contribution in [3.63, 3.8) is 0 Å². The number of halogens is 1. The van der Waals surface area contributed by atoms with Gasteiger partial charge in [-0.3, -0.25) is 4.79 Å². The van der Waals surface area contributed by atoms with E-state index in [0.717, 1.165) is 12.8 Å². The number of hydrogen-bond donors (Lipinski definition) is 1. The predicted molar refractivity (Wildman–Crippen MR) is 67.7 cm³/mol. The van der Waals surface area contributed by atoms with Gasteiger partial charge in [0, 0.05) is 6.04 Å². The normalized spacial score (nSPS) is 15.9. The highest BCUT2D eigenvalue weighted by Gasteiger charge is 2.19. The summed E-state index contributed by atoms with van der Waals surface area (Å²) in [7, 11) is 1.57. The molecule has 4 heteroatoms.